The average Bonchev–Trinajstić information content (AvgIpc) is 3.10. The summed E-state index contributed by atoms with van der Waals surface area (Å²) in [6.07, 6.45) is -4.45. The molecule has 0 aliphatic carbocycles. The minimum Gasteiger partial charge on any atom is -0.465 e. The van der Waals surface area contributed by atoms with Gasteiger partial charge >= 0.3 is 12.1 Å². The van der Waals surface area contributed by atoms with Gasteiger partial charge in [0.15, 0.2) is 0 Å². The van der Waals surface area contributed by atoms with Gasteiger partial charge in [-0.25, -0.2) is 4.68 Å². The Balaban J connectivity index is 1.79. The molecule has 0 N–H and O–H groups in total. The predicted molar refractivity (Wildman–Crippen MR) is 101 cm³/mol. The van der Waals surface area contributed by atoms with Crippen molar-refractivity contribution in [3.63, 3.8) is 0 Å². The van der Waals surface area contributed by atoms with Crippen LogP contribution in [-0.4, -0.2) is 44.9 Å². The van der Waals surface area contributed by atoms with Crippen molar-refractivity contribution in [3.05, 3.63) is 59.7 Å². The Labute approximate surface area is 170 Å². The lowest BCUT2D eigenvalue weighted by molar-refractivity contribution is -0.149. The van der Waals surface area contributed by atoms with Crippen LogP contribution in [0.25, 0.3) is 11.0 Å². The van der Waals surface area contributed by atoms with E-state index in [2.05, 4.69) is 10.3 Å². The molecule has 1 aromatic heterocycles. The van der Waals surface area contributed by atoms with Gasteiger partial charge in [-0.15, -0.1) is 5.10 Å². The minimum atomic E-state index is -4.45. The molecule has 1 heterocycles. The van der Waals surface area contributed by atoms with Crippen LogP contribution in [-0.2, 0) is 33.6 Å². The number of rotatable bonds is 7. The number of nitrogens with zero attached hydrogens (tertiary/aromatic N) is 4. The van der Waals surface area contributed by atoms with Crippen LogP contribution in [0.4, 0.5) is 13.2 Å². The second-order valence-electron chi connectivity index (χ2n) is 6.49. The van der Waals surface area contributed by atoms with Gasteiger partial charge in [-0.1, -0.05) is 29.5 Å². The summed E-state index contributed by atoms with van der Waals surface area (Å²) in [5.74, 6) is -1.06. The van der Waals surface area contributed by atoms with E-state index in [-0.39, 0.29) is 26.2 Å². The third-order valence-electron chi connectivity index (χ3n) is 4.34. The molecular formula is C20H19F3N4O3. The second kappa shape index (κ2) is 8.93. The van der Waals surface area contributed by atoms with E-state index >= 15 is 0 Å². The fourth-order valence-corrected chi connectivity index (χ4v) is 2.88. The van der Waals surface area contributed by atoms with Gasteiger partial charge in [0, 0.05) is 6.54 Å². The van der Waals surface area contributed by atoms with Gasteiger partial charge in [-0.3, -0.25) is 9.59 Å². The normalized spacial score (nSPS) is 11.5. The van der Waals surface area contributed by atoms with Gasteiger partial charge in [-0.05, 0) is 36.8 Å². The maximum atomic E-state index is 12.9. The number of benzene rings is 2. The van der Waals surface area contributed by atoms with Crippen LogP contribution in [0.5, 0.6) is 0 Å². The quantitative estimate of drug-likeness (QED) is 0.549. The predicted octanol–water partition coefficient (Wildman–Crippen LogP) is 3.04. The molecular weight excluding hydrogens is 401 g/mol. The Kier molecular flexibility index (Phi) is 6.34. The monoisotopic (exact) mass is 420 g/mol. The summed E-state index contributed by atoms with van der Waals surface area (Å²) in [5, 5.41) is 7.94. The Morgan fingerprint density at radius 2 is 1.80 bits per heavy atom. The highest BCUT2D eigenvalue weighted by Crippen LogP contribution is 2.29. The first-order valence-corrected chi connectivity index (χ1v) is 9.15. The highest BCUT2D eigenvalue weighted by Gasteiger charge is 2.30. The maximum Gasteiger partial charge on any atom is 0.416 e. The Bertz CT molecular complexity index is 1030. The third kappa shape index (κ3) is 5.13. The smallest absolute Gasteiger partial charge is 0.416 e. The highest BCUT2D eigenvalue weighted by atomic mass is 19.4. The molecule has 3 aromatic rings. The summed E-state index contributed by atoms with van der Waals surface area (Å²) in [6, 6.07) is 11.5. The van der Waals surface area contributed by atoms with Gasteiger partial charge in [-0.2, -0.15) is 13.2 Å². The van der Waals surface area contributed by atoms with Gasteiger partial charge in [0.1, 0.15) is 18.6 Å². The number of aromatic nitrogens is 3. The minimum absolute atomic E-state index is 0.0532. The lowest BCUT2D eigenvalue weighted by Crippen LogP contribution is -2.38. The molecule has 158 valence electrons. The van der Waals surface area contributed by atoms with E-state index < -0.39 is 23.6 Å². The number of ether oxygens (including phenoxy) is 1. The highest BCUT2D eigenvalue weighted by molar-refractivity contribution is 5.83. The number of carbonyl (C=O) groups is 2. The van der Waals surface area contributed by atoms with Gasteiger partial charge in [0.05, 0.1) is 17.7 Å². The van der Waals surface area contributed by atoms with Crippen molar-refractivity contribution in [3.8, 4) is 0 Å². The van der Waals surface area contributed by atoms with E-state index in [1.54, 1.807) is 31.2 Å². The molecule has 0 saturated heterocycles. The summed E-state index contributed by atoms with van der Waals surface area (Å²) in [4.78, 5) is 26.0. The molecule has 7 nitrogen and oxygen atoms in total. The largest absolute Gasteiger partial charge is 0.465 e. The fraction of sp³-hybridized carbons (Fsp3) is 0.300. The first-order chi connectivity index (χ1) is 14.3. The molecule has 30 heavy (non-hydrogen) atoms. The zero-order chi connectivity index (χ0) is 21.7. The molecule has 0 radical (unpaired) electrons. The van der Waals surface area contributed by atoms with E-state index in [1.807, 2.05) is 0 Å². The van der Waals surface area contributed by atoms with E-state index in [1.165, 1.54) is 21.7 Å². The zero-order valence-electron chi connectivity index (χ0n) is 16.1. The summed E-state index contributed by atoms with van der Waals surface area (Å²) >= 11 is 0. The second-order valence-corrected chi connectivity index (χ2v) is 6.49. The number of amides is 1. The standard InChI is InChI=1S/C20H19F3N4O3/c1-2-30-19(29)13-26(11-14-7-9-15(10-8-14)20(21,22)23)18(28)12-27-17-6-4-3-5-16(17)24-25-27/h3-10H,2,11-13H2,1H3. The summed E-state index contributed by atoms with van der Waals surface area (Å²) < 4.78 is 44.6. The van der Waals surface area contributed by atoms with E-state index in [0.29, 0.717) is 16.6 Å². The fourth-order valence-electron chi connectivity index (χ4n) is 2.88. The molecule has 0 atom stereocenters. The first kappa shape index (κ1) is 21.3. The molecule has 0 bridgehead atoms. The van der Waals surface area contributed by atoms with Crippen molar-refractivity contribution < 1.29 is 27.5 Å². The summed E-state index contributed by atoms with van der Waals surface area (Å²) in [7, 11) is 0. The number of esters is 1. The van der Waals surface area contributed by atoms with Crippen LogP contribution < -0.4 is 0 Å². The lowest BCUT2D eigenvalue weighted by Gasteiger charge is -2.22. The average molecular weight is 420 g/mol. The van der Waals surface area contributed by atoms with Gasteiger partial charge in [0.25, 0.3) is 0 Å². The van der Waals surface area contributed by atoms with Crippen LogP contribution in [0, 0.1) is 0 Å². The summed E-state index contributed by atoms with van der Waals surface area (Å²) in [5.41, 5.74) is 0.925. The van der Waals surface area contributed by atoms with Crippen molar-refractivity contribution >= 4 is 22.9 Å². The number of carbonyl (C=O) groups excluding carboxylic acids is 2. The molecule has 0 saturated carbocycles. The SMILES string of the molecule is CCOC(=O)CN(Cc1ccc(C(F)(F)F)cc1)C(=O)Cn1nnc2ccccc21. The van der Waals surface area contributed by atoms with E-state index in [4.69, 9.17) is 4.74 Å². The lowest BCUT2D eigenvalue weighted by atomic mass is 10.1. The number of alkyl halides is 3. The first-order valence-electron chi connectivity index (χ1n) is 9.15. The molecule has 0 fully saturated rings. The van der Waals surface area contributed by atoms with Crippen molar-refractivity contribution in [2.24, 2.45) is 0 Å². The molecule has 1 amide bonds. The van der Waals surface area contributed by atoms with Crippen molar-refractivity contribution in [1.82, 2.24) is 19.9 Å². The van der Waals surface area contributed by atoms with E-state index in [9.17, 15) is 22.8 Å². The number of halogens is 3. The topological polar surface area (TPSA) is 77.3 Å². The van der Waals surface area contributed by atoms with Crippen molar-refractivity contribution in [1.29, 1.82) is 0 Å². The number of para-hydroxylation sites is 1. The Morgan fingerprint density at radius 1 is 1.10 bits per heavy atom. The molecule has 2 aromatic carbocycles. The molecule has 0 spiro atoms. The van der Waals surface area contributed by atoms with Crippen LogP contribution in [0.3, 0.4) is 0 Å². The van der Waals surface area contributed by atoms with Crippen LogP contribution in [0.1, 0.15) is 18.1 Å². The maximum absolute atomic E-state index is 12.9. The molecule has 0 aliphatic rings. The van der Waals surface area contributed by atoms with Crippen LogP contribution in [0.15, 0.2) is 48.5 Å². The Morgan fingerprint density at radius 3 is 2.47 bits per heavy atom. The van der Waals surface area contributed by atoms with Crippen molar-refractivity contribution in [2.45, 2.75) is 26.2 Å². The number of hydrogen-bond donors (Lipinski definition) is 0. The molecule has 10 heteroatoms. The van der Waals surface area contributed by atoms with Crippen LogP contribution in [0.2, 0.25) is 0 Å². The third-order valence-corrected chi connectivity index (χ3v) is 4.34. The van der Waals surface area contributed by atoms with Gasteiger partial charge < -0.3 is 9.64 Å². The van der Waals surface area contributed by atoms with Crippen LogP contribution >= 0.6 is 0 Å². The number of fused-ring (bicyclic) bond motifs is 1. The number of hydrogen-bond acceptors (Lipinski definition) is 5. The molecule has 0 aliphatic heterocycles. The molecule has 0 unspecified atom stereocenters. The zero-order valence-corrected chi connectivity index (χ0v) is 16.1. The van der Waals surface area contributed by atoms with Crippen molar-refractivity contribution in [2.75, 3.05) is 13.2 Å². The molecule has 3 rings (SSSR count). The van der Waals surface area contributed by atoms with E-state index in [0.717, 1.165) is 12.1 Å². The Hall–Kier alpha value is -3.43. The summed E-state index contributed by atoms with van der Waals surface area (Å²) in [6.45, 7) is 1.22. The van der Waals surface area contributed by atoms with Gasteiger partial charge in [0.2, 0.25) is 5.91 Å².